The van der Waals surface area contributed by atoms with Crippen LogP contribution in [0.4, 0.5) is 11.4 Å². The van der Waals surface area contributed by atoms with Crippen LogP contribution in [0.2, 0.25) is 10.0 Å². The first-order valence-corrected chi connectivity index (χ1v) is 8.64. The van der Waals surface area contributed by atoms with Crippen LogP contribution in [0.3, 0.4) is 0 Å². The van der Waals surface area contributed by atoms with E-state index >= 15 is 0 Å². The molecule has 0 aliphatic rings. The van der Waals surface area contributed by atoms with E-state index in [1.165, 1.54) is 0 Å². The molecule has 2 aromatic carbocycles. The number of carboxylic acid groups (broad SMARTS) is 1. The Hall–Kier alpha value is -1.87. The lowest BCUT2D eigenvalue weighted by atomic mass is 10.1. The van der Waals surface area contributed by atoms with Gasteiger partial charge in [0.15, 0.2) is 0 Å². The van der Waals surface area contributed by atoms with Crippen LogP contribution in [0.1, 0.15) is 5.56 Å². The highest BCUT2D eigenvalue weighted by Crippen LogP contribution is 2.33. The number of halogens is 2. The third-order valence-corrected chi connectivity index (χ3v) is 4.16. The third-order valence-electron chi connectivity index (χ3n) is 3.53. The number of hydrogen-bond donors (Lipinski definition) is 6. The van der Waals surface area contributed by atoms with Gasteiger partial charge in [0.1, 0.15) is 0 Å². The normalized spacial score (nSPS) is 10.7. The van der Waals surface area contributed by atoms with Gasteiger partial charge in [-0.2, -0.15) is 0 Å². The van der Waals surface area contributed by atoms with Gasteiger partial charge in [-0.3, -0.25) is 4.79 Å². The largest absolute Gasteiger partial charge is 0.481 e. The Labute approximate surface area is 167 Å². The fourth-order valence-corrected chi connectivity index (χ4v) is 2.35. The number of hydrogen-bond acceptors (Lipinski definition) is 6. The molecule has 0 unspecified atom stereocenters. The predicted octanol–water partition coefficient (Wildman–Crippen LogP) is 2.02. The monoisotopic (exact) mass is 416 g/mol. The number of aliphatic hydroxyl groups excluding tert-OH is 3. The second kappa shape index (κ2) is 11.1. The lowest BCUT2D eigenvalue weighted by Gasteiger charge is -2.20. The van der Waals surface area contributed by atoms with Gasteiger partial charge in [0.2, 0.25) is 0 Å². The molecule has 7 N–H and O–H groups in total. The molecule has 2 aromatic rings. The number of anilines is 2. The minimum atomic E-state index is -1.21. The Morgan fingerprint density at radius 2 is 1.48 bits per heavy atom. The van der Waals surface area contributed by atoms with Crippen molar-refractivity contribution in [3.8, 4) is 0 Å². The SMILES string of the molecule is NC(CO)(CO)CO.O=C(O)Cc1ccccc1Nc1c(Cl)cccc1Cl. The van der Waals surface area contributed by atoms with E-state index in [1.54, 1.807) is 36.4 Å². The highest BCUT2D eigenvalue weighted by molar-refractivity contribution is 6.39. The van der Waals surface area contributed by atoms with E-state index in [9.17, 15) is 4.79 Å². The maximum atomic E-state index is 10.8. The first kappa shape index (κ1) is 23.2. The number of carbonyl (C=O) groups is 1. The van der Waals surface area contributed by atoms with Crippen molar-refractivity contribution in [2.45, 2.75) is 12.0 Å². The molecule has 0 heterocycles. The molecule has 0 aromatic heterocycles. The molecule has 0 aliphatic heterocycles. The summed E-state index contributed by atoms with van der Waals surface area (Å²) in [5.41, 5.74) is 5.86. The number of aliphatic hydroxyl groups is 3. The lowest BCUT2D eigenvalue weighted by molar-refractivity contribution is -0.136. The first-order chi connectivity index (χ1) is 12.8. The van der Waals surface area contributed by atoms with Crippen molar-refractivity contribution in [1.82, 2.24) is 0 Å². The molecule has 0 saturated heterocycles. The average molecular weight is 417 g/mol. The van der Waals surface area contributed by atoms with Crippen LogP contribution in [0.5, 0.6) is 0 Å². The molecular weight excluding hydrogens is 395 g/mol. The topological polar surface area (TPSA) is 136 Å². The molecule has 0 amide bonds. The summed E-state index contributed by atoms with van der Waals surface area (Å²) in [5, 5.41) is 38.0. The average Bonchev–Trinajstić information content (AvgIpc) is 2.65. The molecular formula is C18H22Cl2N2O5. The van der Waals surface area contributed by atoms with Crippen molar-refractivity contribution in [1.29, 1.82) is 0 Å². The van der Waals surface area contributed by atoms with Gasteiger partial charge < -0.3 is 31.5 Å². The molecule has 27 heavy (non-hydrogen) atoms. The van der Waals surface area contributed by atoms with Crippen molar-refractivity contribution in [3.05, 3.63) is 58.1 Å². The zero-order valence-electron chi connectivity index (χ0n) is 14.4. The fourth-order valence-electron chi connectivity index (χ4n) is 1.86. The fraction of sp³-hybridized carbons (Fsp3) is 0.278. The molecule has 7 nitrogen and oxygen atoms in total. The van der Waals surface area contributed by atoms with Crippen LogP contribution in [-0.2, 0) is 11.2 Å². The highest BCUT2D eigenvalue weighted by atomic mass is 35.5. The van der Waals surface area contributed by atoms with Gasteiger partial charge in [-0.1, -0.05) is 47.5 Å². The van der Waals surface area contributed by atoms with E-state index in [1.807, 2.05) is 6.07 Å². The van der Waals surface area contributed by atoms with Crippen molar-refractivity contribution in [3.63, 3.8) is 0 Å². The first-order valence-electron chi connectivity index (χ1n) is 7.88. The zero-order valence-corrected chi connectivity index (χ0v) is 15.9. The van der Waals surface area contributed by atoms with Gasteiger partial charge in [0.25, 0.3) is 0 Å². The van der Waals surface area contributed by atoms with E-state index in [0.717, 1.165) is 0 Å². The van der Waals surface area contributed by atoms with Crippen LogP contribution >= 0.6 is 23.2 Å². The Balaban J connectivity index is 0.000000387. The number of para-hydroxylation sites is 2. The summed E-state index contributed by atoms with van der Waals surface area (Å²) in [6.45, 7) is -1.21. The maximum Gasteiger partial charge on any atom is 0.307 e. The number of carboxylic acids is 1. The van der Waals surface area contributed by atoms with Crippen LogP contribution in [0, 0.1) is 0 Å². The highest BCUT2D eigenvalue weighted by Gasteiger charge is 2.20. The zero-order chi connectivity index (χ0) is 20.4. The van der Waals surface area contributed by atoms with Crippen LogP contribution in [0.25, 0.3) is 0 Å². The molecule has 0 fully saturated rings. The quantitative estimate of drug-likeness (QED) is 0.406. The van der Waals surface area contributed by atoms with Crippen LogP contribution in [0.15, 0.2) is 42.5 Å². The molecule has 0 saturated carbocycles. The van der Waals surface area contributed by atoms with Gasteiger partial charge in [0, 0.05) is 5.69 Å². The summed E-state index contributed by atoms with van der Waals surface area (Å²) in [7, 11) is 0. The lowest BCUT2D eigenvalue weighted by Crippen LogP contribution is -2.50. The summed E-state index contributed by atoms with van der Waals surface area (Å²) in [6.07, 6.45) is -0.0642. The van der Waals surface area contributed by atoms with Gasteiger partial charge in [0.05, 0.1) is 47.5 Å². The van der Waals surface area contributed by atoms with Crippen molar-refractivity contribution in [2.24, 2.45) is 5.73 Å². The standard InChI is InChI=1S/C14H11Cl2NO2.C4H11NO3/c15-10-5-3-6-11(16)14(10)17-12-7-2-1-4-9(12)8-13(18)19;5-4(1-6,2-7)3-8/h1-7,17H,8H2,(H,18,19);6-8H,1-3,5H2. The summed E-state index contributed by atoms with van der Waals surface area (Å²) in [6, 6.07) is 12.3. The molecule has 148 valence electrons. The summed E-state index contributed by atoms with van der Waals surface area (Å²) in [4.78, 5) is 10.8. The van der Waals surface area contributed by atoms with E-state index in [2.05, 4.69) is 5.32 Å². The second-order valence-corrected chi connectivity index (χ2v) is 6.60. The van der Waals surface area contributed by atoms with E-state index in [4.69, 9.17) is 49.4 Å². The smallest absolute Gasteiger partial charge is 0.307 e. The number of benzene rings is 2. The minimum absolute atomic E-state index is 0.0642. The van der Waals surface area contributed by atoms with Crippen LogP contribution in [-0.4, -0.2) is 51.8 Å². The molecule has 0 atom stereocenters. The molecule has 0 bridgehead atoms. The van der Waals surface area contributed by atoms with Gasteiger partial charge in [-0.15, -0.1) is 0 Å². The molecule has 9 heteroatoms. The van der Waals surface area contributed by atoms with E-state index < -0.39 is 31.3 Å². The number of aliphatic carboxylic acids is 1. The van der Waals surface area contributed by atoms with Gasteiger partial charge in [-0.25, -0.2) is 0 Å². The Morgan fingerprint density at radius 3 is 1.93 bits per heavy atom. The van der Waals surface area contributed by atoms with Crippen molar-refractivity contribution >= 4 is 40.5 Å². The molecule has 0 radical (unpaired) electrons. The molecule has 0 spiro atoms. The van der Waals surface area contributed by atoms with Gasteiger partial charge >= 0.3 is 5.97 Å². The second-order valence-electron chi connectivity index (χ2n) is 5.79. The van der Waals surface area contributed by atoms with Crippen molar-refractivity contribution < 1.29 is 25.2 Å². The third kappa shape index (κ3) is 7.34. The Bertz CT molecular complexity index is 726. The maximum absolute atomic E-state index is 10.8. The van der Waals surface area contributed by atoms with Crippen molar-refractivity contribution in [2.75, 3.05) is 25.1 Å². The molecule has 2 rings (SSSR count). The van der Waals surface area contributed by atoms with E-state index in [0.29, 0.717) is 27.0 Å². The number of nitrogens with two attached hydrogens (primary N) is 1. The Morgan fingerprint density at radius 1 is 0.963 bits per heavy atom. The number of rotatable bonds is 7. The van der Waals surface area contributed by atoms with E-state index in [-0.39, 0.29) is 6.42 Å². The van der Waals surface area contributed by atoms with Crippen LogP contribution < -0.4 is 11.1 Å². The molecule has 0 aliphatic carbocycles. The summed E-state index contributed by atoms with van der Waals surface area (Å²) < 4.78 is 0. The summed E-state index contributed by atoms with van der Waals surface area (Å²) in [5.74, 6) is -0.889. The predicted molar refractivity (Wildman–Crippen MR) is 106 cm³/mol. The Kier molecular flexibility index (Phi) is 9.51. The minimum Gasteiger partial charge on any atom is -0.481 e. The summed E-state index contributed by atoms with van der Waals surface area (Å²) >= 11 is 12.1. The van der Waals surface area contributed by atoms with Gasteiger partial charge in [-0.05, 0) is 23.8 Å². The number of nitrogens with one attached hydrogen (secondary N) is 1.